The minimum Gasteiger partial charge on any atom is -0.494 e. The van der Waals surface area contributed by atoms with Gasteiger partial charge in [0, 0.05) is 16.4 Å². The zero-order valence-electron chi connectivity index (χ0n) is 14.8. The highest BCUT2D eigenvalue weighted by atomic mass is 35.5. The third-order valence-electron chi connectivity index (χ3n) is 3.40. The number of ether oxygens (including phenoxy) is 1. The van der Waals surface area contributed by atoms with Gasteiger partial charge in [0.15, 0.2) is 0 Å². The molecule has 0 radical (unpaired) electrons. The van der Waals surface area contributed by atoms with Crippen molar-refractivity contribution in [3.05, 3.63) is 53.6 Å². The Hall–Kier alpha value is -2.57. The van der Waals surface area contributed by atoms with Crippen molar-refractivity contribution in [2.24, 2.45) is 0 Å². The number of hydrogen-bond donors (Lipinski definition) is 2. The number of amides is 2. The van der Waals surface area contributed by atoms with Crippen molar-refractivity contribution in [2.75, 3.05) is 37.4 Å². The second-order valence-electron chi connectivity index (χ2n) is 5.73. The molecule has 2 rings (SSSR count). The predicted octanol–water partition coefficient (Wildman–Crippen LogP) is 3.25. The normalized spacial score (nSPS) is 10.5. The van der Waals surface area contributed by atoms with Gasteiger partial charge >= 0.3 is 0 Å². The highest BCUT2D eigenvalue weighted by molar-refractivity contribution is 6.30. The number of rotatable bonds is 8. The summed E-state index contributed by atoms with van der Waals surface area (Å²) in [6.45, 7) is 2.70. The highest BCUT2D eigenvalue weighted by Gasteiger charge is 2.11. The number of nitrogens with one attached hydrogen (secondary N) is 2. The van der Waals surface area contributed by atoms with Crippen LogP contribution in [0.4, 0.5) is 11.4 Å². The molecule has 2 aromatic rings. The number of anilines is 2. The van der Waals surface area contributed by atoms with Crippen molar-refractivity contribution in [1.82, 2.24) is 4.90 Å². The number of nitrogens with zero attached hydrogens (tertiary/aromatic N) is 1. The van der Waals surface area contributed by atoms with E-state index in [1.54, 1.807) is 60.5 Å². The molecule has 0 aliphatic rings. The summed E-state index contributed by atoms with van der Waals surface area (Å²) in [5.74, 6) is 0.348. The van der Waals surface area contributed by atoms with Crippen molar-refractivity contribution < 1.29 is 14.3 Å². The third kappa shape index (κ3) is 6.74. The molecule has 0 bridgehead atoms. The molecule has 2 amide bonds. The lowest BCUT2D eigenvalue weighted by Crippen LogP contribution is -2.36. The Kier molecular flexibility index (Phi) is 7.44. The summed E-state index contributed by atoms with van der Waals surface area (Å²) >= 11 is 5.81. The second kappa shape index (κ2) is 9.79. The lowest BCUT2D eigenvalue weighted by molar-refractivity contribution is -0.119. The van der Waals surface area contributed by atoms with E-state index >= 15 is 0 Å². The average Bonchev–Trinajstić information content (AvgIpc) is 2.58. The largest absolute Gasteiger partial charge is 0.494 e. The van der Waals surface area contributed by atoms with Gasteiger partial charge in [0.2, 0.25) is 11.8 Å². The third-order valence-corrected chi connectivity index (χ3v) is 3.66. The zero-order chi connectivity index (χ0) is 18.9. The molecule has 0 aromatic heterocycles. The monoisotopic (exact) mass is 375 g/mol. The molecule has 2 N–H and O–H groups in total. The summed E-state index contributed by atoms with van der Waals surface area (Å²) in [4.78, 5) is 25.7. The van der Waals surface area contributed by atoms with Gasteiger partial charge < -0.3 is 15.4 Å². The van der Waals surface area contributed by atoms with Crippen molar-refractivity contribution in [2.45, 2.75) is 6.92 Å². The van der Waals surface area contributed by atoms with E-state index in [1.807, 2.05) is 6.92 Å². The molecule has 0 unspecified atom stereocenters. The van der Waals surface area contributed by atoms with Crippen molar-refractivity contribution in [3.63, 3.8) is 0 Å². The first-order valence-electron chi connectivity index (χ1n) is 8.23. The Morgan fingerprint density at radius 2 is 1.38 bits per heavy atom. The van der Waals surface area contributed by atoms with E-state index in [0.29, 0.717) is 23.0 Å². The molecule has 0 heterocycles. The Morgan fingerprint density at radius 3 is 1.85 bits per heavy atom. The molecular weight excluding hydrogens is 354 g/mol. The quantitative estimate of drug-likeness (QED) is 0.743. The second-order valence-corrected chi connectivity index (χ2v) is 6.17. The number of benzene rings is 2. The fourth-order valence-corrected chi connectivity index (χ4v) is 2.41. The van der Waals surface area contributed by atoms with Crippen LogP contribution in [-0.4, -0.2) is 43.5 Å². The van der Waals surface area contributed by atoms with Crippen LogP contribution < -0.4 is 15.4 Å². The van der Waals surface area contributed by atoms with Crippen LogP contribution in [-0.2, 0) is 9.59 Å². The summed E-state index contributed by atoms with van der Waals surface area (Å²) in [5, 5.41) is 6.15. The molecule has 0 aliphatic carbocycles. The highest BCUT2D eigenvalue weighted by Crippen LogP contribution is 2.15. The van der Waals surface area contributed by atoms with Crippen molar-refractivity contribution >= 4 is 34.8 Å². The van der Waals surface area contributed by atoms with Crippen molar-refractivity contribution in [3.8, 4) is 5.75 Å². The number of hydrogen-bond acceptors (Lipinski definition) is 4. The minimum absolute atomic E-state index is 0.0966. The van der Waals surface area contributed by atoms with Crippen LogP contribution in [0, 0.1) is 0 Å². The first-order chi connectivity index (χ1) is 12.5. The molecule has 26 heavy (non-hydrogen) atoms. The van der Waals surface area contributed by atoms with Gasteiger partial charge in [0.25, 0.3) is 0 Å². The fraction of sp³-hybridized carbons (Fsp3) is 0.263. The molecule has 6 nitrogen and oxygen atoms in total. The summed E-state index contributed by atoms with van der Waals surface area (Å²) in [6.07, 6.45) is 0. The minimum atomic E-state index is -0.205. The molecule has 0 saturated carbocycles. The van der Waals surface area contributed by atoms with Crippen LogP contribution in [0.2, 0.25) is 5.02 Å². The van der Waals surface area contributed by atoms with E-state index in [9.17, 15) is 9.59 Å². The SMILES string of the molecule is CCOc1ccc(NC(=O)CN(C)CC(=O)Nc2ccc(Cl)cc2)cc1. The molecule has 138 valence electrons. The number of likely N-dealkylation sites (N-methyl/N-ethyl adjacent to an activating group) is 1. The molecule has 0 saturated heterocycles. The maximum absolute atomic E-state index is 12.1. The van der Waals surface area contributed by atoms with E-state index in [1.165, 1.54) is 0 Å². The lowest BCUT2D eigenvalue weighted by atomic mass is 10.3. The first kappa shape index (κ1) is 19.8. The van der Waals surface area contributed by atoms with Gasteiger partial charge in [-0.1, -0.05) is 11.6 Å². The standard InChI is InChI=1S/C19H22ClN3O3/c1-3-26-17-10-8-16(9-11-17)22-19(25)13-23(2)12-18(24)21-15-6-4-14(20)5-7-15/h4-11H,3,12-13H2,1-2H3,(H,21,24)(H,22,25). The van der Waals surface area contributed by atoms with Gasteiger partial charge in [-0.15, -0.1) is 0 Å². The van der Waals surface area contributed by atoms with Crippen molar-refractivity contribution in [1.29, 1.82) is 0 Å². The summed E-state index contributed by atoms with van der Waals surface area (Å²) < 4.78 is 5.36. The van der Waals surface area contributed by atoms with Gasteiger partial charge in [-0.25, -0.2) is 0 Å². The summed E-state index contributed by atoms with van der Waals surface area (Å²) in [6, 6.07) is 14.0. The molecule has 0 fully saturated rings. The molecule has 0 spiro atoms. The maximum atomic E-state index is 12.1. The van der Waals surface area contributed by atoms with Gasteiger partial charge in [-0.05, 0) is 62.5 Å². The number of carbonyl (C=O) groups excluding carboxylic acids is 2. The Morgan fingerprint density at radius 1 is 0.923 bits per heavy atom. The van der Waals surface area contributed by atoms with Gasteiger partial charge in [-0.3, -0.25) is 14.5 Å². The van der Waals surface area contributed by atoms with E-state index in [4.69, 9.17) is 16.3 Å². The van der Waals surface area contributed by atoms with E-state index in [0.717, 1.165) is 5.75 Å². The lowest BCUT2D eigenvalue weighted by Gasteiger charge is -2.16. The van der Waals surface area contributed by atoms with E-state index in [-0.39, 0.29) is 24.9 Å². The first-order valence-corrected chi connectivity index (χ1v) is 8.60. The Balaban J connectivity index is 1.77. The zero-order valence-corrected chi connectivity index (χ0v) is 15.5. The van der Waals surface area contributed by atoms with Gasteiger partial charge in [0.1, 0.15) is 5.75 Å². The maximum Gasteiger partial charge on any atom is 0.238 e. The molecular formula is C19H22ClN3O3. The topological polar surface area (TPSA) is 70.7 Å². The van der Waals surface area contributed by atoms with Crippen LogP contribution in [0.1, 0.15) is 6.92 Å². The van der Waals surface area contributed by atoms with Crippen LogP contribution in [0.3, 0.4) is 0 Å². The number of halogens is 1. The fourth-order valence-electron chi connectivity index (χ4n) is 2.28. The van der Waals surface area contributed by atoms with Gasteiger partial charge in [-0.2, -0.15) is 0 Å². The van der Waals surface area contributed by atoms with E-state index in [2.05, 4.69) is 10.6 Å². The Labute approximate surface area is 158 Å². The van der Waals surface area contributed by atoms with Crippen LogP contribution in [0.15, 0.2) is 48.5 Å². The average molecular weight is 376 g/mol. The van der Waals surface area contributed by atoms with Crippen LogP contribution >= 0.6 is 11.6 Å². The molecule has 0 aliphatic heterocycles. The Bertz CT molecular complexity index is 733. The summed E-state index contributed by atoms with van der Waals surface area (Å²) in [5.41, 5.74) is 1.34. The summed E-state index contributed by atoms with van der Waals surface area (Å²) in [7, 11) is 1.71. The van der Waals surface area contributed by atoms with Crippen LogP contribution in [0.25, 0.3) is 0 Å². The molecule has 0 atom stereocenters. The number of carbonyl (C=O) groups is 2. The smallest absolute Gasteiger partial charge is 0.238 e. The molecule has 7 heteroatoms. The molecule has 2 aromatic carbocycles. The van der Waals surface area contributed by atoms with E-state index < -0.39 is 0 Å². The van der Waals surface area contributed by atoms with Crippen LogP contribution in [0.5, 0.6) is 5.75 Å². The predicted molar refractivity (Wildman–Crippen MR) is 104 cm³/mol. The van der Waals surface area contributed by atoms with Gasteiger partial charge in [0.05, 0.1) is 19.7 Å².